The molecule has 174 valence electrons. The van der Waals surface area contributed by atoms with E-state index in [1.807, 2.05) is 0 Å². The third kappa shape index (κ3) is 6.38. The van der Waals surface area contributed by atoms with Crippen LogP contribution >= 0.6 is 34.5 Å². The summed E-state index contributed by atoms with van der Waals surface area (Å²) >= 11 is 13.1. The fraction of sp³-hybridized carbons (Fsp3) is 0.143. The summed E-state index contributed by atoms with van der Waals surface area (Å²) in [7, 11) is -2.20. The fourth-order valence-electron chi connectivity index (χ4n) is 2.56. The van der Waals surface area contributed by atoms with Crippen molar-refractivity contribution in [2.24, 2.45) is 0 Å². The Morgan fingerprint density at radius 3 is 2.27 bits per heavy atom. The van der Waals surface area contributed by atoms with E-state index >= 15 is 0 Å². The normalized spacial score (nSPS) is 11.0. The average Bonchev–Trinajstić information content (AvgIpc) is 3.35. The number of anilines is 2. The van der Waals surface area contributed by atoms with Gasteiger partial charge in [-0.2, -0.15) is 0 Å². The van der Waals surface area contributed by atoms with Crippen LogP contribution in [0.15, 0.2) is 64.2 Å². The summed E-state index contributed by atoms with van der Waals surface area (Å²) < 4.78 is 36.7. The number of carbonyl (C=O) groups excluding carboxylic acids is 2. The topological polar surface area (TPSA) is 102 Å². The second-order valence-corrected chi connectivity index (χ2v) is 10.5. The molecule has 0 spiro atoms. The lowest BCUT2D eigenvalue weighted by Gasteiger charge is -2.18. The van der Waals surface area contributed by atoms with E-state index in [0.29, 0.717) is 11.4 Å². The fourth-order valence-corrected chi connectivity index (χ4v) is 5.41. The molecule has 0 radical (unpaired) electrons. The van der Waals surface area contributed by atoms with Crippen LogP contribution in [0.4, 0.5) is 11.4 Å². The van der Waals surface area contributed by atoms with Crippen LogP contribution in [0.25, 0.3) is 0 Å². The zero-order valence-corrected chi connectivity index (χ0v) is 20.3. The van der Waals surface area contributed by atoms with Crippen molar-refractivity contribution in [1.29, 1.82) is 0 Å². The highest BCUT2D eigenvalue weighted by Gasteiger charge is 2.22. The number of benzene rings is 2. The van der Waals surface area contributed by atoms with Gasteiger partial charge in [-0.15, -0.1) is 11.3 Å². The van der Waals surface area contributed by atoms with Crippen LogP contribution < -0.4 is 14.4 Å². The van der Waals surface area contributed by atoms with Crippen LogP contribution in [0.3, 0.4) is 0 Å². The van der Waals surface area contributed by atoms with Gasteiger partial charge in [0.25, 0.3) is 15.9 Å². The van der Waals surface area contributed by atoms with Gasteiger partial charge in [-0.25, -0.2) is 13.2 Å². The van der Waals surface area contributed by atoms with E-state index in [0.717, 1.165) is 15.6 Å². The second-order valence-electron chi connectivity index (χ2n) is 6.49. The number of carbonyl (C=O) groups is 2. The van der Waals surface area contributed by atoms with Crippen molar-refractivity contribution in [2.45, 2.75) is 4.21 Å². The summed E-state index contributed by atoms with van der Waals surface area (Å²) in [4.78, 5) is 23.8. The summed E-state index contributed by atoms with van der Waals surface area (Å²) in [6.07, 6.45) is 0. The van der Waals surface area contributed by atoms with Crippen LogP contribution in [-0.4, -0.2) is 40.6 Å². The lowest BCUT2D eigenvalue weighted by atomic mass is 10.3. The molecule has 0 aliphatic carbocycles. The van der Waals surface area contributed by atoms with Gasteiger partial charge in [-0.1, -0.05) is 35.3 Å². The Kier molecular flexibility index (Phi) is 8.20. The molecule has 0 saturated heterocycles. The van der Waals surface area contributed by atoms with Crippen molar-refractivity contribution in [1.82, 2.24) is 0 Å². The molecule has 1 heterocycles. The largest absolute Gasteiger partial charge is 0.482 e. The number of nitrogens with one attached hydrogen (secondary N) is 1. The van der Waals surface area contributed by atoms with Crippen molar-refractivity contribution >= 4 is 67.8 Å². The number of halogens is 2. The van der Waals surface area contributed by atoms with Gasteiger partial charge in [-0.3, -0.25) is 9.10 Å². The molecule has 0 aliphatic heterocycles. The highest BCUT2D eigenvalue weighted by molar-refractivity contribution is 7.94. The molecule has 3 aromatic rings. The SMILES string of the molecule is CN(c1ccc(OCC(=O)OCC(=O)Nc2c(Cl)cccc2Cl)cc1)S(=O)(=O)c1cccs1. The van der Waals surface area contributed by atoms with E-state index in [1.165, 1.54) is 25.2 Å². The molecular weight excluding hydrogens is 511 g/mol. The smallest absolute Gasteiger partial charge is 0.344 e. The van der Waals surface area contributed by atoms with Gasteiger partial charge < -0.3 is 14.8 Å². The highest BCUT2D eigenvalue weighted by atomic mass is 35.5. The molecule has 33 heavy (non-hydrogen) atoms. The molecule has 0 atom stereocenters. The van der Waals surface area contributed by atoms with Gasteiger partial charge in [0, 0.05) is 7.05 Å². The molecule has 0 bridgehead atoms. The number of para-hydroxylation sites is 1. The minimum absolute atomic E-state index is 0.226. The number of thiophene rings is 1. The standard InChI is InChI=1S/C21H18Cl2N2O6S2/c1-25(33(28,29)20-6-3-11-32-20)14-7-9-15(10-8-14)30-13-19(27)31-12-18(26)24-21-16(22)4-2-5-17(21)23/h2-11H,12-13H2,1H3,(H,24,26). The Morgan fingerprint density at radius 1 is 1.00 bits per heavy atom. The van der Waals surface area contributed by atoms with Gasteiger partial charge in [0.05, 0.1) is 21.4 Å². The molecule has 0 unspecified atom stereocenters. The Bertz CT molecular complexity index is 1210. The maximum Gasteiger partial charge on any atom is 0.344 e. The molecule has 0 saturated carbocycles. The van der Waals surface area contributed by atoms with Crippen LogP contribution in [0, 0.1) is 0 Å². The molecule has 0 fully saturated rings. The first kappa shape index (κ1) is 24.8. The zero-order valence-electron chi connectivity index (χ0n) is 17.2. The molecule has 12 heteroatoms. The predicted molar refractivity (Wildman–Crippen MR) is 128 cm³/mol. The number of hydrogen-bond acceptors (Lipinski definition) is 7. The first-order chi connectivity index (χ1) is 15.7. The monoisotopic (exact) mass is 528 g/mol. The maximum absolute atomic E-state index is 12.6. The summed E-state index contributed by atoms with van der Waals surface area (Å²) in [5.41, 5.74) is 0.650. The Balaban J connectivity index is 1.48. The van der Waals surface area contributed by atoms with E-state index in [2.05, 4.69) is 5.32 Å². The van der Waals surface area contributed by atoms with E-state index < -0.39 is 35.1 Å². The quantitative estimate of drug-likeness (QED) is 0.412. The Morgan fingerprint density at radius 2 is 1.67 bits per heavy atom. The van der Waals surface area contributed by atoms with E-state index in [9.17, 15) is 18.0 Å². The van der Waals surface area contributed by atoms with Crippen molar-refractivity contribution in [3.63, 3.8) is 0 Å². The number of ether oxygens (including phenoxy) is 2. The summed E-state index contributed by atoms with van der Waals surface area (Å²) in [6.45, 7) is -0.989. The molecule has 2 aromatic carbocycles. The van der Waals surface area contributed by atoms with E-state index in [-0.39, 0.29) is 19.9 Å². The number of rotatable bonds is 9. The van der Waals surface area contributed by atoms with E-state index in [4.69, 9.17) is 32.7 Å². The summed E-state index contributed by atoms with van der Waals surface area (Å²) in [6, 6.07) is 14.1. The zero-order chi connectivity index (χ0) is 24.0. The molecular formula is C21H18Cl2N2O6S2. The first-order valence-electron chi connectivity index (χ1n) is 9.33. The molecule has 8 nitrogen and oxygen atoms in total. The van der Waals surface area contributed by atoms with Crippen LogP contribution in [0.2, 0.25) is 10.0 Å². The van der Waals surface area contributed by atoms with E-state index in [1.54, 1.807) is 41.8 Å². The number of nitrogens with zero attached hydrogens (tertiary/aromatic N) is 1. The number of sulfonamides is 1. The summed E-state index contributed by atoms with van der Waals surface area (Å²) in [5, 5.41) is 4.66. The molecule has 0 aliphatic rings. The van der Waals surface area contributed by atoms with Gasteiger partial charge in [0.2, 0.25) is 0 Å². The van der Waals surface area contributed by atoms with Crippen LogP contribution in [0.5, 0.6) is 5.75 Å². The third-order valence-corrected chi connectivity index (χ3v) is 8.05. The summed E-state index contributed by atoms with van der Waals surface area (Å²) in [5.74, 6) is -1.06. The van der Waals surface area contributed by atoms with Crippen molar-refractivity contribution in [3.8, 4) is 5.75 Å². The lowest BCUT2D eigenvalue weighted by Crippen LogP contribution is -2.25. The molecule has 1 N–H and O–H groups in total. The predicted octanol–water partition coefficient (Wildman–Crippen LogP) is 4.44. The van der Waals surface area contributed by atoms with Crippen molar-refractivity contribution < 1.29 is 27.5 Å². The molecule has 3 rings (SSSR count). The Hall–Kier alpha value is -2.79. The number of amides is 1. The van der Waals surface area contributed by atoms with Gasteiger partial charge in [-0.05, 0) is 47.8 Å². The van der Waals surface area contributed by atoms with Gasteiger partial charge >= 0.3 is 5.97 Å². The van der Waals surface area contributed by atoms with Crippen molar-refractivity contribution in [2.75, 3.05) is 29.9 Å². The lowest BCUT2D eigenvalue weighted by molar-refractivity contribution is -0.149. The number of hydrogen-bond donors (Lipinski definition) is 1. The highest BCUT2D eigenvalue weighted by Crippen LogP contribution is 2.30. The molecule has 1 aromatic heterocycles. The first-order valence-corrected chi connectivity index (χ1v) is 12.4. The second kappa shape index (κ2) is 10.9. The van der Waals surface area contributed by atoms with Gasteiger partial charge in [0.1, 0.15) is 9.96 Å². The number of esters is 1. The minimum Gasteiger partial charge on any atom is -0.482 e. The van der Waals surface area contributed by atoms with Gasteiger partial charge in [0.15, 0.2) is 13.2 Å². The minimum atomic E-state index is -3.65. The maximum atomic E-state index is 12.6. The third-order valence-electron chi connectivity index (χ3n) is 4.26. The average molecular weight is 529 g/mol. The molecule has 1 amide bonds. The Labute approximate surface area is 204 Å². The van der Waals surface area contributed by atoms with Crippen molar-refractivity contribution in [3.05, 3.63) is 70.0 Å². The van der Waals surface area contributed by atoms with Crippen LogP contribution in [0.1, 0.15) is 0 Å². The van der Waals surface area contributed by atoms with Crippen LogP contribution in [-0.2, 0) is 24.3 Å².